The van der Waals surface area contributed by atoms with Crippen molar-refractivity contribution >= 4 is 27.8 Å². The zero-order valence-electron chi connectivity index (χ0n) is 15.7. The number of carboxylic acids is 1. The maximum atomic E-state index is 11.9. The fourth-order valence-electron chi connectivity index (χ4n) is 3.55. The summed E-state index contributed by atoms with van der Waals surface area (Å²) in [5.41, 5.74) is 4.18. The molecule has 0 saturated heterocycles. The van der Waals surface area contributed by atoms with Gasteiger partial charge in [-0.1, -0.05) is 34.1 Å². The molecule has 0 saturated carbocycles. The summed E-state index contributed by atoms with van der Waals surface area (Å²) in [7, 11) is 0. The summed E-state index contributed by atoms with van der Waals surface area (Å²) in [4.78, 5) is 22.3. The first-order valence-electron chi connectivity index (χ1n) is 8.94. The van der Waals surface area contributed by atoms with E-state index < -0.39 is 12.6 Å². The van der Waals surface area contributed by atoms with Crippen LogP contribution in [0.15, 0.2) is 40.9 Å². The number of aryl methyl sites for hydroxylation is 1. The first-order valence-corrected chi connectivity index (χ1v) is 9.73. The molecule has 148 valence electrons. The fourth-order valence-corrected chi connectivity index (χ4v) is 3.94. The number of allylic oxidation sites excluding steroid dienone is 1. The van der Waals surface area contributed by atoms with Gasteiger partial charge in [-0.15, -0.1) is 0 Å². The predicted octanol–water partition coefficient (Wildman–Crippen LogP) is 2.88. The summed E-state index contributed by atoms with van der Waals surface area (Å²) in [6.45, 7) is 3.30. The Morgan fingerprint density at radius 1 is 1.32 bits per heavy atom. The summed E-state index contributed by atoms with van der Waals surface area (Å²) >= 11 is 3.50. The Morgan fingerprint density at radius 2 is 2.11 bits per heavy atom. The second-order valence-corrected chi connectivity index (χ2v) is 7.68. The van der Waals surface area contributed by atoms with Crippen LogP contribution in [0.2, 0.25) is 0 Å². The van der Waals surface area contributed by atoms with Gasteiger partial charge in [-0.05, 0) is 38.5 Å². The highest BCUT2D eigenvalue weighted by molar-refractivity contribution is 9.10. The minimum atomic E-state index is -1.10. The van der Waals surface area contributed by atoms with Gasteiger partial charge in [0.15, 0.2) is 0 Å². The highest BCUT2D eigenvalue weighted by atomic mass is 79.9. The van der Waals surface area contributed by atoms with Crippen LogP contribution in [-0.2, 0) is 14.3 Å². The Hall–Kier alpha value is -2.45. The molecule has 3 rings (SSSR count). The number of ether oxygens (including phenoxy) is 1. The number of nitrogens with zero attached hydrogens (tertiary/aromatic N) is 2. The van der Waals surface area contributed by atoms with Crippen LogP contribution in [-0.4, -0.2) is 46.0 Å². The lowest BCUT2D eigenvalue weighted by Crippen LogP contribution is -2.35. The van der Waals surface area contributed by atoms with E-state index in [9.17, 15) is 9.59 Å². The average Bonchev–Trinajstić information content (AvgIpc) is 3.18. The molecule has 0 unspecified atom stereocenters. The number of carboxylic acid groups (broad SMARTS) is 1. The SMILES string of the molecule is Cc1nn(-c2cccc(Br)c2)c(C)c1[C@H]1C=C[C@@H](NC(=O)COCC(=O)O)C1. The number of aromatic nitrogens is 2. The summed E-state index contributed by atoms with van der Waals surface area (Å²) in [5.74, 6) is -1.26. The molecule has 1 aliphatic rings. The van der Waals surface area contributed by atoms with Crippen LogP contribution in [0.4, 0.5) is 0 Å². The minimum Gasteiger partial charge on any atom is -0.480 e. The van der Waals surface area contributed by atoms with Gasteiger partial charge >= 0.3 is 5.97 Å². The lowest BCUT2D eigenvalue weighted by Gasteiger charge is -2.15. The third kappa shape index (κ3) is 4.69. The number of halogens is 1. The maximum absolute atomic E-state index is 11.9. The molecule has 0 bridgehead atoms. The molecular formula is C20H22BrN3O4. The molecule has 0 aliphatic heterocycles. The molecular weight excluding hydrogens is 426 g/mol. The third-order valence-electron chi connectivity index (χ3n) is 4.66. The van der Waals surface area contributed by atoms with E-state index in [0.29, 0.717) is 0 Å². The molecule has 7 nitrogen and oxygen atoms in total. The topological polar surface area (TPSA) is 93.5 Å². The van der Waals surface area contributed by atoms with Crippen molar-refractivity contribution in [2.45, 2.75) is 32.2 Å². The number of nitrogens with one attached hydrogen (secondary N) is 1. The van der Waals surface area contributed by atoms with Crippen molar-refractivity contribution in [1.82, 2.24) is 15.1 Å². The van der Waals surface area contributed by atoms with E-state index in [-0.39, 0.29) is 24.5 Å². The molecule has 1 aromatic carbocycles. The van der Waals surface area contributed by atoms with E-state index in [0.717, 1.165) is 33.5 Å². The van der Waals surface area contributed by atoms with E-state index in [2.05, 4.69) is 34.2 Å². The van der Waals surface area contributed by atoms with Crippen LogP contribution in [0.3, 0.4) is 0 Å². The molecule has 2 aromatic rings. The predicted molar refractivity (Wildman–Crippen MR) is 108 cm³/mol. The van der Waals surface area contributed by atoms with E-state index >= 15 is 0 Å². The smallest absolute Gasteiger partial charge is 0.329 e. The Balaban J connectivity index is 1.67. The highest BCUT2D eigenvalue weighted by Gasteiger charge is 2.27. The molecule has 28 heavy (non-hydrogen) atoms. The maximum Gasteiger partial charge on any atom is 0.329 e. The molecule has 2 atom stereocenters. The lowest BCUT2D eigenvalue weighted by atomic mass is 9.96. The third-order valence-corrected chi connectivity index (χ3v) is 5.15. The normalized spacial score (nSPS) is 18.4. The van der Waals surface area contributed by atoms with E-state index in [1.807, 2.05) is 41.9 Å². The average molecular weight is 448 g/mol. The minimum absolute atomic E-state index is 0.112. The summed E-state index contributed by atoms with van der Waals surface area (Å²) in [6, 6.07) is 7.87. The molecule has 1 aromatic heterocycles. The Bertz CT molecular complexity index is 922. The van der Waals surface area contributed by atoms with Crippen LogP contribution in [0.25, 0.3) is 5.69 Å². The fraction of sp³-hybridized carbons (Fsp3) is 0.350. The number of aliphatic carboxylic acids is 1. The number of carbonyl (C=O) groups is 2. The Kier molecular flexibility index (Phi) is 6.31. The van der Waals surface area contributed by atoms with Gasteiger partial charge in [0.05, 0.1) is 11.4 Å². The zero-order chi connectivity index (χ0) is 20.3. The van der Waals surface area contributed by atoms with Gasteiger partial charge in [-0.3, -0.25) is 4.79 Å². The summed E-state index contributed by atoms with van der Waals surface area (Å²) in [5, 5.41) is 16.1. The van der Waals surface area contributed by atoms with Crippen molar-refractivity contribution < 1.29 is 19.4 Å². The number of carbonyl (C=O) groups excluding carboxylic acids is 1. The molecule has 0 fully saturated rings. The molecule has 0 radical (unpaired) electrons. The van der Waals surface area contributed by atoms with E-state index in [1.54, 1.807) is 0 Å². The van der Waals surface area contributed by atoms with Crippen molar-refractivity contribution in [1.29, 1.82) is 0 Å². The molecule has 0 spiro atoms. The first-order chi connectivity index (χ1) is 13.3. The number of amides is 1. The van der Waals surface area contributed by atoms with Gasteiger partial charge in [0, 0.05) is 27.7 Å². The second-order valence-electron chi connectivity index (χ2n) is 6.76. The molecule has 1 heterocycles. The van der Waals surface area contributed by atoms with Gasteiger partial charge < -0.3 is 15.2 Å². The standard InChI is InChI=1S/C20H22BrN3O4/c1-12-20(13(2)24(23-12)17-5-3-4-15(21)9-17)14-6-7-16(8-14)22-18(25)10-28-11-19(26)27/h3-7,9,14,16H,8,10-11H2,1-2H3,(H,22,25)(H,26,27)/t14-,16+/m0/s1. The Labute approximate surface area is 171 Å². The number of benzene rings is 1. The summed E-state index contributed by atoms with van der Waals surface area (Å²) in [6.07, 6.45) is 4.79. The quantitative estimate of drug-likeness (QED) is 0.636. The number of hydrogen-bond acceptors (Lipinski definition) is 4. The first kappa shape index (κ1) is 20.3. The van der Waals surface area contributed by atoms with Crippen molar-refractivity contribution in [2.24, 2.45) is 0 Å². The van der Waals surface area contributed by atoms with Crippen molar-refractivity contribution in [2.75, 3.05) is 13.2 Å². The number of rotatable bonds is 7. The molecule has 1 amide bonds. The van der Waals surface area contributed by atoms with Gasteiger partial charge in [-0.25, -0.2) is 9.48 Å². The van der Waals surface area contributed by atoms with Crippen LogP contribution in [0, 0.1) is 13.8 Å². The van der Waals surface area contributed by atoms with Crippen molar-refractivity contribution in [3.05, 3.63) is 57.8 Å². The molecule has 2 N–H and O–H groups in total. The van der Waals surface area contributed by atoms with Gasteiger partial charge in [0.25, 0.3) is 0 Å². The molecule has 8 heteroatoms. The van der Waals surface area contributed by atoms with Crippen LogP contribution >= 0.6 is 15.9 Å². The van der Waals surface area contributed by atoms with Crippen LogP contribution < -0.4 is 5.32 Å². The monoisotopic (exact) mass is 447 g/mol. The second kappa shape index (κ2) is 8.70. The van der Waals surface area contributed by atoms with Gasteiger partial charge in [0.2, 0.25) is 5.91 Å². The number of hydrogen-bond donors (Lipinski definition) is 2. The van der Waals surface area contributed by atoms with E-state index in [1.165, 1.54) is 0 Å². The summed E-state index contributed by atoms with van der Waals surface area (Å²) < 4.78 is 7.76. The van der Waals surface area contributed by atoms with Crippen LogP contribution in [0.1, 0.15) is 29.3 Å². The lowest BCUT2D eigenvalue weighted by molar-refractivity contribution is -0.143. The van der Waals surface area contributed by atoms with E-state index in [4.69, 9.17) is 14.9 Å². The van der Waals surface area contributed by atoms with Crippen molar-refractivity contribution in [3.63, 3.8) is 0 Å². The highest BCUT2D eigenvalue weighted by Crippen LogP contribution is 2.34. The van der Waals surface area contributed by atoms with Gasteiger partial charge in [0.1, 0.15) is 13.2 Å². The van der Waals surface area contributed by atoms with Crippen LogP contribution in [0.5, 0.6) is 0 Å². The Morgan fingerprint density at radius 3 is 2.82 bits per heavy atom. The molecule has 1 aliphatic carbocycles. The largest absolute Gasteiger partial charge is 0.480 e. The zero-order valence-corrected chi connectivity index (χ0v) is 17.3. The van der Waals surface area contributed by atoms with Crippen molar-refractivity contribution in [3.8, 4) is 5.69 Å². The van der Waals surface area contributed by atoms with Gasteiger partial charge in [-0.2, -0.15) is 5.10 Å².